The molecule has 1 atom stereocenters. The molecule has 1 aromatic carbocycles. The van der Waals surface area contributed by atoms with Crippen molar-refractivity contribution in [1.82, 2.24) is 15.0 Å². The summed E-state index contributed by atoms with van der Waals surface area (Å²) < 4.78 is 10.9. The van der Waals surface area contributed by atoms with E-state index in [0.717, 1.165) is 18.4 Å². The zero-order chi connectivity index (χ0) is 17.4. The lowest BCUT2D eigenvalue weighted by molar-refractivity contribution is -0.00520. The topological polar surface area (TPSA) is 75.9 Å². The van der Waals surface area contributed by atoms with Crippen LogP contribution in [0.2, 0.25) is 0 Å². The van der Waals surface area contributed by atoms with E-state index in [4.69, 9.17) is 9.26 Å². The van der Waals surface area contributed by atoms with Crippen LogP contribution in [0.15, 0.2) is 41.1 Å². The minimum Gasteiger partial charge on any atom is -0.439 e. The van der Waals surface area contributed by atoms with Gasteiger partial charge < -0.3 is 19.1 Å². The summed E-state index contributed by atoms with van der Waals surface area (Å²) in [5.74, 6) is 0.315. The van der Waals surface area contributed by atoms with Crippen molar-refractivity contribution in [2.45, 2.75) is 18.4 Å². The number of nitrogens with zero attached hydrogens (tertiary/aromatic N) is 3. The lowest BCUT2D eigenvalue weighted by Crippen LogP contribution is -2.52. The van der Waals surface area contributed by atoms with Crippen molar-refractivity contribution in [2.75, 3.05) is 26.7 Å². The van der Waals surface area contributed by atoms with Gasteiger partial charge in [0.15, 0.2) is 5.76 Å². The standard InChI is InChI=1S/C18H19N3O4/c1-20-11-18(24-17(20)23)8-5-9-21(12-18)16(22)14-10-19-25-15(14)13-6-3-2-4-7-13/h2-4,6-7,10H,5,8-9,11-12H2,1H3/t18-/m0/s1. The number of hydrogen-bond donors (Lipinski definition) is 0. The molecule has 0 unspecified atom stereocenters. The maximum absolute atomic E-state index is 13.0. The first-order valence-electron chi connectivity index (χ1n) is 8.31. The summed E-state index contributed by atoms with van der Waals surface area (Å²) in [6.07, 6.45) is 2.68. The molecule has 0 saturated carbocycles. The van der Waals surface area contributed by atoms with Gasteiger partial charge in [-0.2, -0.15) is 0 Å². The largest absolute Gasteiger partial charge is 0.439 e. The number of carbonyl (C=O) groups is 2. The Labute approximate surface area is 145 Å². The minimum absolute atomic E-state index is 0.148. The number of carbonyl (C=O) groups excluding carboxylic acids is 2. The van der Waals surface area contributed by atoms with Crippen LogP contribution < -0.4 is 0 Å². The lowest BCUT2D eigenvalue weighted by atomic mass is 9.92. The summed E-state index contributed by atoms with van der Waals surface area (Å²) >= 11 is 0. The Morgan fingerprint density at radius 2 is 2.04 bits per heavy atom. The summed E-state index contributed by atoms with van der Waals surface area (Å²) in [5, 5.41) is 3.81. The lowest BCUT2D eigenvalue weighted by Gasteiger charge is -2.38. The van der Waals surface area contributed by atoms with Crippen LogP contribution >= 0.6 is 0 Å². The molecule has 3 heterocycles. The van der Waals surface area contributed by atoms with Crippen molar-refractivity contribution in [3.05, 3.63) is 42.1 Å². The van der Waals surface area contributed by atoms with Crippen molar-refractivity contribution >= 4 is 12.0 Å². The Balaban J connectivity index is 1.58. The van der Waals surface area contributed by atoms with E-state index < -0.39 is 5.60 Å². The monoisotopic (exact) mass is 341 g/mol. The molecule has 25 heavy (non-hydrogen) atoms. The number of likely N-dealkylation sites (tertiary alicyclic amines) is 1. The van der Waals surface area contributed by atoms with Gasteiger partial charge in [-0.25, -0.2) is 4.79 Å². The Morgan fingerprint density at radius 1 is 1.24 bits per heavy atom. The normalized spacial score (nSPS) is 23.2. The van der Waals surface area contributed by atoms with Gasteiger partial charge in [-0.1, -0.05) is 35.5 Å². The molecule has 2 aliphatic rings. The summed E-state index contributed by atoms with van der Waals surface area (Å²) in [7, 11) is 1.71. The quantitative estimate of drug-likeness (QED) is 0.838. The molecule has 2 fully saturated rings. The summed E-state index contributed by atoms with van der Waals surface area (Å²) in [4.78, 5) is 28.1. The zero-order valence-corrected chi connectivity index (χ0v) is 14.0. The Morgan fingerprint density at radius 3 is 2.76 bits per heavy atom. The van der Waals surface area contributed by atoms with E-state index >= 15 is 0 Å². The van der Waals surface area contributed by atoms with Crippen molar-refractivity contribution in [3.63, 3.8) is 0 Å². The highest BCUT2D eigenvalue weighted by Crippen LogP contribution is 2.33. The summed E-state index contributed by atoms with van der Waals surface area (Å²) in [5.41, 5.74) is 0.632. The Kier molecular flexibility index (Phi) is 3.71. The number of hydrogen-bond acceptors (Lipinski definition) is 5. The van der Waals surface area contributed by atoms with Gasteiger partial charge in [-0.3, -0.25) is 4.79 Å². The molecule has 4 rings (SSSR count). The van der Waals surface area contributed by atoms with Gasteiger partial charge in [-0.15, -0.1) is 0 Å². The molecule has 0 N–H and O–H groups in total. The highest BCUT2D eigenvalue weighted by atomic mass is 16.6. The number of aromatic nitrogens is 1. The van der Waals surface area contributed by atoms with Crippen molar-refractivity contribution in [2.24, 2.45) is 0 Å². The highest BCUT2D eigenvalue weighted by molar-refractivity contribution is 5.99. The maximum Gasteiger partial charge on any atom is 0.410 e. The molecule has 7 nitrogen and oxygen atoms in total. The maximum atomic E-state index is 13.0. The third-order valence-electron chi connectivity index (χ3n) is 4.80. The molecule has 2 saturated heterocycles. The summed E-state index contributed by atoms with van der Waals surface area (Å²) in [6.45, 7) is 1.52. The Hall–Kier alpha value is -2.83. The van der Waals surface area contributed by atoms with E-state index in [1.165, 1.54) is 6.20 Å². The average Bonchev–Trinajstić information content (AvgIpc) is 3.20. The molecule has 130 valence electrons. The smallest absolute Gasteiger partial charge is 0.410 e. The molecule has 7 heteroatoms. The first-order valence-corrected chi connectivity index (χ1v) is 8.31. The van der Waals surface area contributed by atoms with E-state index in [1.807, 2.05) is 30.3 Å². The van der Waals surface area contributed by atoms with Gasteiger partial charge >= 0.3 is 6.09 Å². The fourth-order valence-corrected chi connectivity index (χ4v) is 3.64. The van der Waals surface area contributed by atoms with Gasteiger partial charge in [0.2, 0.25) is 0 Å². The van der Waals surface area contributed by atoms with E-state index in [-0.39, 0.29) is 12.0 Å². The number of amides is 2. The second-order valence-electron chi connectivity index (χ2n) is 6.67. The van der Waals surface area contributed by atoms with Crippen molar-refractivity contribution in [3.8, 4) is 11.3 Å². The predicted molar refractivity (Wildman–Crippen MR) is 88.9 cm³/mol. The zero-order valence-electron chi connectivity index (χ0n) is 14.0. The first kappa shape index (κ1) is 15.7. The van der Waals surface area contributed by atoms with Gasteiger partial charge in [0.25, 0.3) is 5.91 Å². The number of rotatable bonds is 2. The Bertz CT molecular complexity index is 804. The fourth-order valence-electron chi connectivity index (χ4n) is 3.64. The summed E-state index contributed by atoms with van der Waals surface area (Å²) in [6, 6.07) is 9.43. The van der Waals surface area contributed by atoms with Crippen LogP contribution in [-0.2, 0) is 4.74 Å². The molecule has 1 spiro atoms. The molecule has 0 aliphatic carbocycles. The van der Waals surface area contributed by atoms with Crippen LogP contribution in [0.25, 0.3) is 11.3 Å². The third-order valence-corrected chi connectivity index (χ3v) is 4.80. The second-order valence-corrected chi connectivity index (χ2v) is 6.67. The van der Waals surface area contributed by atoms with Gasteiger partial charge in [0.05, 0.1) is 19.3 Å². The van der Waals surface area contributed by atoms with Gasteiger partial charge in [-0.05, 0) is 12.8 Å². The second kappa shape index (κ2) is 5.91. The average molecular weight is 341 g/mol. The van der Waals surface area contributed by atoms with Gasteiger partial charge in [0, 0.05) is 19.2 Å². The predicted octanol–water partition coefficient (Wildman–Crippen LogP) is 2.40. The number of ether oxygens (including phenoxy) is 1. The van der Waals surface area contributed by atoms with Gasteiger partial charge in [0.1, 0.15) is 11.2 Å². The molecule has 2 amide bonds. The SMILES string of the molecule is CN1C[C@]2(CCCN(C(=O)c3cnoc3-c3ccccc3)C2)OC1=O. The first-order chi connectivity index (χ1) is 12.1. The van der Waals surface area contributed by atoms with Crippen LogP contribution in [-0.4, -0.2) is 59.2 Å². The molecular formula is C18H19N3O4. The number of benzene rings is 1. The van der Waals surface area contributed by atoms with Crippen molar-refractivity contribution in [1.29, 1.82) is 0 Å². The third kappa shape index (κ3) is 2.75. The van der Waals surface area contributed by atoms with Crippen molar-refractivity contribution < 1.29 is 18.8 Å². The molecule has 0 bridgehead atoms. The van der Waals surface area contributed by atoms with Crippen LogP contribution in [0, 0.1) is 0 Å². The van der Waals surface area contributed by atoms with Crippen LogP contribution in [0.4, 0.5) is 4.79 Å². The fraction of sp³-hybridized carbons (Fsp3) is 0.389. The van der Waals surface area contributed by atoms with E-state index in [9.17, 15) is 9.59 Å². The van der Waals surface area contributed by atoms with E-state index in [1.54, 1.807) is 16.8 Å². The van der Waals surface area contributed by atoms with Crippen LogP contribution in [0.1, 0.15) is 23.2 Å². The van der Waals surface area contributed by atoms with E-state index in [0.29, 0.717) is 31.0 Å². The van der Waals surface area contributed by atoms with E-state index in [2.05, 4.69) is 5.16 Å². The molecule has 2 aliphatic heterocycles. The van der Waals surface area contributed by atoms with Crippen LogP contribution in [0.3, 0.4) is 0 Å². The molecule has 0 radical (unpaired) electrons. The minimum atomic E-state index is -0.607. The molecule has 2 aromatic rings. The number of likely N-dealkylation sites (N-methyl/N-ethyl adjacent to an activating group) is 1. The van der Waals surface area contributed by atoms with Crippen LogP contribution in [0.5, 0.6) is 0 Å². The molecule has 1 aromatic heterocycles. The molecular weight excluding hydrogens is 322 g/mol. The number of piperidine rings is 1. The highest BCUT2D eigenvalue weighted by Gasteiger charge is 2.47.